The number of carbonyl (C=O) groups is 1. The molecule has 1 N–H and O–H groups in total. The molecule has 2 aromatic carbocycles. The second kappa shape index (κ2) is 10.8. The summed E-state index contributed by atoms with van der Waals surface area (Å²) < 4.78 is 46.1. The predicted octanol–water partition coefficient (Wildman–Crippen LogP) is 6.71. The molecule has 5 nitrogen and oxygen atoms in total. The maximum absolute atomic E-state index is 15.0. The van der Waals surface area contributed by atoms with Gasteiger partial charge in [0.2, 0.25) is 0 Å². The summed E-state index contributed by atoms with van der Waals surface area (Å²) in [5.41, 5.74) is 2.29. The largest absolute Gasteiger partial charge is 0.310 e. The summed E-state index contributed by atoms with van der Waals surface area (Å²) in [4.78, 5) is 20.2. The predicted molar refractivity (Wildman–Crippen MR) is 145 cm³/mol. The number of ketones is 1. The average Bonchev–Trinajstić information content (AvgIpc) is 3.64. The van der Waals surface area contributed by atoms with Crippen LogP contribution < -0.4 is 5.32 Å². The Bertz CT molecular complexity index is 1440. The summed E-state index contributed by atoms with van der Waals surface area (Å²) in [6, 6.07) is 8.38. The molecule has 200 valence electrons. The van der Waals surface area contributed by atoms with Gasteiger partial charge in [-0.05, 0) is 87.5 Å². The van der Waals surface area contributed by atoms with Gasteiger partial charge in [-0.3, -0.25) is 9.20 Å². The van der Waals surface area contributed by atoms with Gasteiger partial charge in [-0.2, -0.15) is 0 Å². The number of aromatic nitrogens is 2. The van der Waals surface area contributed by atoms with Crippen LogP contribution in [0.4, 0.5) is 13.2 Å². The van der Waals surface area contributed by atoms with E-state index in [-0.39, 0.29) is 23.1 Å². The van der Waals surface area contributed by atoms with Crippen molar-refractivity contribution >= 4 is 32.3 Å². The monoisotopic (exact) mass is 540 g/mol. The average molecular weight is 541 g/mol. The van der Waals surface area contributed by atoms with Gasteiger partial charge in [0.1, 0.15) is 17.8 Å². The number of rotatable bonds is 8. The Balaban J connectivity index is 1.14. The van der Waals surface area contributed by atoms with E-state index in [1.807, 2.05) is 22.6 Å². The van der Waals surface area contributed by atoms with Crippen LogP contribution in [0.1, 0.15) is 66.9 Å². The van der Waals surface area contributed by atoms with Gasteiger partial charge in [-0.1, -0.05) is 11.3 Å². The van der Waals surface area contributed by atoms with Gasteiger partial charge in [0.15, 0.2) is 10.7 Å². The van der Waals surface area contributed by atoms with Gasteiger partial charge in [0, 0.05) is 37.3 Å². The van der Waals surface area contributed by atoms with Crippen LogP contribution in [0.25, 0.3) is 26.4 Å². The summed E-state index contributed by atoms with van der Waals surface area (Å²) in [6.07, 6.45) is 6.28. The van der Waals surface area contributed by atoms with Crippen molar-refractivity contribution in [2.75, 3.05) is 26.2 Å². The molecule has 2 fully saturated rings. The minimum absolute atomic E-state index is 0.0143. The summed E-state index contributed by atoms with van der Waals surface area (Å²) in [5.74, 6) is -1.12. The maximum Gasteiger partial charge on any atom is 0.195 e. The van der Waals surface area contributed by atoms with E-state index >= 15 is 8.78 Å². The van der Waals surface area contributed by atoms with E-state index in [1.54, 1.807) is 6.20 Å². The van der Waals surface area contributed by atoms with Crippen LogP contribution in [0, 0.1) is 11.6 Å². The number of benzene rings is 2. The van der Waals surface area contributed by atoms with E-state index in [4.69, 9.17) is 0 Å². The maximum atomic E-state index is 15.0. The summed E-state index contributed by atoms with van der Waals surface area (Å²) in [6.45, 7) is 3.37. The molecule has 6 rings (SSSR count). The summed E-state index contributed by atoms with van der Waals surface area (Å²) in [7, 11) is 0. The first-order chi connectivity index (χ1) is 18.5. The van der Waals surface area contributed by atoms with E-state index in [9.17, 15) is 9.18 Å². The zero-order valence-electron chi connectivity index (χ0n) is 21.2. The number of alkyl halides is 1. The Kier molecular flexibility index (Phi) is 7.24. The third kappa shape index (κ3) is 5.11. The van der Waals surface area contributed by atoms with Gasteiger partial charge in [-0.25, -0.2) is 18.2 Å². The fourth-order valence-electron chi connectivity index (χ4n) is 5.69. The van der Waals surface area contributed by atoms with Crippen LogP contribution in [0.15, 0.2) is 36.5 Å². The normalized spacial score (nSPS) is 19.2. The lowest BCUT2D eigenvalue weighted by Gasteiger charge is -2.28. The van der Waals surface area contributed by atoms with Crippen LogP contribution >= 0.6 is 11.3 Å². The molecule has 4 heterocycles. The number of unbranched alkanes of at least 4 members (excludes halogenated alkanes) is 1. The van der Waals surface area contributed by atoms with E-state index in [2.05, 4.69) is 15.2 Å². The zero-order valence-corrected chi connectivity index (χ0v) is 22.0. The highest BCUT2D eigenvalue weighted by Gasteiger charge is 2.23. The van der Waals surface area contributed by atoms with Gasteiger partial charge >= 0.3 is 0 Å². The van der Waals surface area contributed by atoms with E-state index in [1.165, 1.54) is 23.5 Å². The number of nitrogens with one attached hydrogen (secondary N) is 1. The topological polar surface area (TPSA) is 49.6 Å². The minimum Gasteiger partial charge on any atom is -0.310 e. The number of nitrogens with zero attached hydrogens (tertiary/aromatic N) is 3. The quantitative estimate of drug-likeness (QED) is 0.199. The van der Waals surface area contributed by atoms with Crippen molar-refractivity contribution in [1.82, 2.24) is 19.6 Å². The molecule has 0 radical (unpaired) electrons. The third-order valence-corrected chi connectivity index (χ3v) is 8.86. The second-order valence-corrected chi connectivity index (χ2v) is 11.5. The van der Waals surface area contributed by atoms with Crippen molar-refractivity contribution in [3.8, 4) is 11.3 Å². The number of Topliss-reactive ketones (excluding diaryl/α,β-unsaturated/α-hetero) is 1. The Morgan fingerprint density at radius 3 is 2.61 bits per heavy atom. The van der Waals surface area contributed by atoms with E-state index < -0.39 is 17.8 Å². The first-order valence-corrected chi connectivity index (χ1v) is 14.3. The molecule has 4 aromatic rings. The minimum atomic E-state index is -0.665. The van der Waals surface area contributed by atoms with Crippen molar-refractivity contribution in [3.05, 3.63) is 59.3 Å². The number of hydrogen-bond acceptors (Lipinski definition) is 5. The third-order valence-electron chi connectivity index (χ3n) is 7.84. The fourth-order valence-corrected chi connectivity index (χ4v) is 6.74. The second-order valence-electron chi connectivity index (χ2n) is 10.5. The van der Waals surface area contributed by atoms with Crippen molar-refractivity contribution in [3.63, 3.8) is 0 Å². The Morgan fingerprint density at radius 2 is 1.87 bits per heavy atom. The molecular formula is C29H31F3N4OS. The Morgan fingerprint density at radius 1 is 1.08 bits per heavy atom. The Hall–Kier alpha value is -2.75. The zero-order chi connectivity index (χ0) is 26.2. The summed E-state index contributed by atoms with van der Waals surface area (Å²) >= 11 is 1.40. The van der Waals surface area contributed by atoms with E-state index in [0.29, 0.717) is 35.4 Å². The molecular weight excluding hydrogens is 509 g/mol. The number of halogens is 3. The highest BCUT2D eigenvalue weighted by molar-refractivity contribution is 7.23. The smallest absolute Gasteiger partial charge is 0.195 e. The van der Waals surface area contributed by atoms with Gasteiger partial charge in [-0.15, -0.1) is 0 Å². The molecule has 0 unspecified atom stereocenters. The molecule has 2 aliphatic heterocycles. The molecule has 0 saturated carbocycles. The number of likely N-dealkylation sites (tertiary alicyclic amines) is 1. The van der Waals surface area contributed by atoms with Crippen LogP contribution in [0.3, 0.4) is 0 Å². The number of thiazole rings is 1. The SMILES string of the molecule is O=C(CCCCN1CCC(F)CC1)c1ccc2c(c1)sc1nc(-c3c(F)cc([C@H]4CCCN4)cc3F)cn12. The molecule has 2 aromatic heterocycles. The van der Waals surface area contributed by atoms with Gasteiger partial charge in [0.05, 0.1) is 21.5 Å². The van der Waals surface area contributed by atoms with Crippen molar-refractivity contribution in [2.45, 2.75) is 57.2 Å². The standard InChI is InChI=1S/C29H31F3N4OS/c30-20-8-12-35(13-9-20)11-2-1-5-26(37)18-6-7-25-27(16-18)38-29-34-24(17-36(25)29)28-21(31)14-19(15-22(28)32)23-4-3-10-33-23/h6-7,14-17,20,23,33H,1-5,8-13H2/t23-/m1/s1. The lowest BCUT2D eigenvalue weighted by Crippen LogP contribution is -2.35. The molecule has 2 saturated heterocycles. The molecule has 1 atom stereocenters. The van der Waals surface area contributed by atoms with Gasteiger partial charge < -0.3 is 10.2 Å². The number of hydrogen-bond donors (Lipinski definition) is 1. The van der Waals surface area contributed by atoms with Crippen molar-refractivity contribution in [2.24, 2.45) is 0 Å². The highest BCUT2D eigenvalue weighted by atomic mass is 32.1. The first kappa shape index (κ1) is 25.5. The van der Waals surface area contributed by atoms with Crippen molar-refractivity contribution < 1.29 is 18.0 Å². The van der Waals surface area contributed by atoms with Gasteiger partial charge in [0.25, 0.3) is 0 Å². The number of fused-ring (bicyclic) bond motifs is 3. The molecule has 9 heteroatoms. The molecule has 2 aliphatic rings. The molecule has 0 bridgehead atoms. The van der Waals surface area contributed by atoms with Crippen LogP contribution in [-0.4, -0.2) is 52.4 Å². The number of piperidine rings is 1. The fraction of sp³-hybridized carbons (Fsp3) is 0.448. The van der Waals surface area contributed by atoms with Crippen LogP contribution in [0.5, 0.6) is 0 Å². The van der Waals surface area contributed by atoms with Crippen LogP contribution in [0.2, 0.25) is 0 Å². The lowest BCUT2D eigenvalue weighted by atomic mass is 10.0. The number of carbonyl (C=O) groups excluding carboxylic acids is 1. The molecule has 38 heavy (non-hydrogen) atoms. The molecule has 0 amide bonds. The summed E-state index contributed by atoms with van der Waals surface area (Å²) in [5, 5.41) is 3.28. The molecule has 0 spiro atoms. The van der Waals surface area contributed by atoms with Crippen LogP contribution in [-0.2, 0) is 0 Å². The lowest BCUT2D eigenvalue weighted by molar-refractivity contribution is 0.0976. The molecule has 0 aliphatic carbocycles. The Labute approximate surface area is 223 Å². The van der Waals surface area contributed by atoms with Crippen molar-refractivity contribution in [1.29, 1.82) is 0 Å². The number of imidazole rings is 1. The van der Waals surface area contributed by atoms with E-state index in [0.717, 1.165) is 62.1 Å². The highest BCUT2D eigenvalue weighted by Crippen LogP contribution is 2.34. The first-order valence-electron chi connectivity index (χ1n) is 13.5.